The van der Waals surface area contributed by atoms with Crippen molar-refractivity contribution in [3.05, 3.63) is 53.9 Å². The fraction of sp³-hybridized carbons (Fsp3) is 0.417. The molecule has 1 N–H and O–H groups in total. The highest BCUT2D eigenvalue weighted by molar-refractivity contribution is 7.89. The van der Waals surface area contributed by atoms with E-state index in [0.717, 1.165) is 55.5 Å². The zero-order chi connectivity index (χ0) is 22.1. The molecule has 1 amide bonds. The van der Waals surface area contributed by atoms with E-state index in [-0.39, 0.29) is 10.8 Å². The lowest BCUT2D eigenvalue weighted by Gasteiger charge is -2.25. The Morgan fingerprint density at radius 2 is 1.59 bits per heavy atom. The van der Waals surface area contributed by atoms with Gasteiger partial charge in [-0.3, -0.25) is 4.79 Å². The molecule has 32 heavy (non-hydrogen) atoms. The molecule has 168 valence electrons. The summed E-state index contributed by atoms with van der Waals surface area (Å²) >= 11 is 0. The van der Waals surface area contributed by atoms with Crippen molar-refractivity contribution in [1.29, 1.82) is 0 Å². The van der Waals surface area contributed by atoms with Crippen LogP contribution in [0.1, 0.15) is 54.7 Å². The van der Waals surface area contributed by atoms with E-state index >= 15 is 0 Å². The molecule has 1 aromatic heterocycles. The van der Waals surface area contributed by atoms with E-state index in [0.29, 0.717) is 24.3 Å². The predicted molar refractivity (Wildman–Crippen MR) is 124 cm³/mol. The van der Waals surface area contributed by atoms with E-state index in [4.69, 9.17) is 4.98 Å². The largest absolute Gasteiger partial charge is 0.328 e. The van der Waals surface area contributed by atoms with Gasteiger partial charge in [-0.05, 0) is 68.1 Å². The van der Waals surface area contributed by atoms with Gasteiger partial charge >= 0.3 is 0 Å². The van der Waals surface area contributed by atoms with E-state index in [9.17, 15) is 13.2 Å². The van der Waals surface area contributed by atoms with Gasteiger partial charge in [0.05, 0.1) is 15.9 Å². The number of aromatic nitrogens is 2. The van der Waals surface area contributed by atoms with Crippen LogP contribution in [0.4, 0.5) is 5.69 Å². The third-order valence-electron chi connectivity index (χ3n) is 6.44. The van der Waals surface area contributed by atoms with E-state index < -0.39 is 10.0 Å². The first-order chi connectivity index (χ1) is 15.5. The van der Waals surface area contributed by atoms with Crippen molar-refractivity contribution < 1.29 is 13.2 Å². The molecule has 2 aromatic carbocycles. The maximum atomic E-state index is 12.8. The molecule has 0 atom stereocenters. The number of amides is 1. The molecule has 8 heteroatoms. The van der Waals surface area contributed by atoms with Crippen LogP contribution in [-0.4, -0.2) is 41.3 Å². The first-order valence-corrected chi connectivity index (χ1v) is 12.9. The molecule has 3 heterocycles. The average molecular weight is 453 g/mol. The molecule has 1 fully saturated rings. The summed E-state index contributed by atoms with van der Waals surface area (Å²) in [6, 6.07) is 12.0. The van der Waals surface area contributed by atoms with Gasteiger partial charge < -0.3 is 9.88 Å². The van der Waals surface area contributed by atoms with Gasteiger partial charge in [-0.15, -0.1) is 0 Å². The van der Waals surface area contributed by atoms with Crippen molar-refractivity contribution in [3.8, 4) is 0 Å². The van der Waals surface area contributed by atoms with Gasteiger partial charge in [0.15, 0.2) is 0 Å². The quantitative estimate of drug-likeness (QED) is 0.643. The van der Waals surface area contributed by atoms with E-state index in [1.165, 1.54) is 29.3 Å². The van der Waals surface area contributed by atoms with E-state index in [1.807, 2.05) is 18.2 Å². The number of benzene rings is 2. The van der Waals surface area contributed by atoms with Crippen molar-refractivity contribution >= 4 is 32.7 Å². The summed E-state index contributed by atoms with van der Waals surface area (Å²) in [7, 11) is -3.50. The Balaban J connectivity index is 1.32. The highest BCUT2D eigenvalue weighted by Gasteiger charge is 2.26. The Morgan fingerprint density at radius 1 is 0.875 bits per heavy atom. The van der Waals surface area contributed by atoms with Crippen LogP contribution in [-0.2, 0) is 23.0 Å². The number of imidazole rings is 1. The lowest BCUT2D eigenvalue weighted by Crippen LogP contribution is -2.35. The lowest BCUT2D eigenvalue weighted by molar-refractivity contribution is 0.102. The highest BCUT2D eigenvalue weighted by Crippen LogP contribution is 2.25. The van der Waals surface area contributed by atoms with Crippen LogP contribution in [0.25, 0.3) is 11.0 Å². The number of piperidine rings is 1. The van der Waals surface area contributed by atoms with Gasteiger partial charge in [0.1, 0.15) is 5.82 Å². The molecule has 5 rings (SSSR count). The average Bonchev–Trinajstić information content (AvgIpc) is 2.99. The molecule has 0 saturated carbocycles. The second-order valence-electron chi connectivity index (χ2n) is 8.64. The van der Waals surface area contributed by atoms with Gasteiger partial charge in [-0.25, -0.2) is 13.4 Å². The summed E-state index contributed by atoms with van der Waals surface area (Å²) in [4.78, 5) is 17.8. The number of aryl methyl sites for hydroxylation is 2. The summed E-state index contributed by atoms with van der Waals surface area (Å²) in [6.07, 6.45) is 7.41. The normalized spacial score (nSPS) is 17.6. The molecule has 0 aliphatic carbocycles. The second-order valence-corrected chi connectivity index (χ2v) is 10.6. The zero-order valence-corrected chi connectivity index (χ0v) is 18.9. The van der Waals surface area contributed by atoms with Crippen LogP contribution in [0.5, 0.6) is 0 Å². The van der Waals surface area contributed by atoms with Crippen molar-refractivity contribution in [1.82, 2.24) is 13.9 Å². The van der Waals surface area contributed by atoms with E-state index in [2.05, 4.69) is 9.88 Å². The summed E-state index contributed by atoms with van der Waals surface area (Å²) < 4.78 is 29.4. The second kappa shape index (κ2) is 8.67. The first-order valence-electron chi connectivity index (χ1n) is 11.4. The number of fused-ring (bicyclic) bond motifs is 3. The molecule has 7 nitrogen and oxygen atoms in total. The Hall–Kier alpha value is -2.71. The summed E-state index contributed by atoms with van der Waals surface area (Å²) in [5.41, 5.74) is 3.10. The maximum Gasteiger partial charge on any atom is 0.255 e. The number of sulfonamides is 1. The molecule has 3 aromatic rings. The number of carbonyl (C=O) groups is 1. The van der Waals surface area contributed by atoms with Crippen molar-refractivity contribution in [3.63, 3.8) is 0 Å². The van der Waals surface area contributed by atoms with Crippen LogP contribution in [0.3, 0.4) is 0 Å². The highest BCUT2D eigenvalue weighted by atomic mass is 32.2. The molecule has 1 saturated heterocycles. The smallest absolute Gasteiger partial charge is 0.255 e. The number of carbonyl (C=O) groups excluding carboxylic acids is 1. The van der Waals surface area contributed by atoms with Gasteiger partial charge in [0.25, 0.3) is 5.91 Å². The minimum atomic E-state index is -3.50. The molecule has 2 aliphatic rings. The predicted octanol–water partition coefficient (Wildman–Crippen LogP) is 4.19. The number of nitrogens with one attached hydrogen (secondary N) is 1. The number of nitrogens with zero attached hydrogens (tertiary/aromatic N) is 3. The Kier molecular flexibility index (Phi) is 5.73. The topological polar surface area (TPSA) is 84.3 Å². The third kappa shape index (κ3) is 4.04. The standard InChI is InChI=1S/C24H28N4O3S/c29-24(18-8-11-20(12-9-18)32(30,31)27-14-4-2-5-15-27)25-19-10-13-22-21(17-19)26-23-7-3-1-6-16-28(22)23/h8-13,17H,1-7,14-16H2,(H,25,29). The molecule has 0 spiro atoms. The van der Waals surface area contributed by atoms with Gasteiger partial charge in [0.2, 0.25) is 10.0 Å². The Morgan fingerprint density at radius 3 is 2.38 bits per heavy atom. The van der Waals surface area contributed by atoms with Gasteiger partial charge in [-0.2, -0.15) is 4.31 Å². The fourth-order valence-corrected chi connectivity index (χ4v) is 6.18. The van der Waals surface area contributed by atoms with Crippen LogP contribution >= 0.6 is 0 Å². The summed E-state index contributed by atoms with van der Waals surface area (Å²) in [6.45, 7) is 2.11. The van der Waals surface area contributed by atoms with Gasteiger partial charge in [0, 0.05) is 37.3 Å². The number of hydrogen-bond donors (Lipinski definition) is 1. The molecular formula is C24H28N4O3S. The Bertz CT molecular complexity index is 1240. The summed E-state index contributed by atoms with van der Waals surface area (Å²) in [5, 5.41) is 2.92. The molecule has 0 radical (unpaired) electrons. The lowest BCUT2D eigenvalue weighted by atomic mass is 10.2. The minimum Gasteiger partial charge on any atom is -0.328 e. The summed E-state index contributed by atoms with van der Waals surface area (Å²) in [5.74, 6) is 0.846. The number of anilines is 1. The van der Waals surface area contributed by atoms with Crippen molar-refractivity contribution in [2.75, 3.05) is 18.4 Å². The fourth-order valence-electron chi connectivity index (χ4n) is 4.66. The van der Waals surface area contributed by atoms with Crippen LogP contribution in [0.2, 0.25) is 0 Å². The first kappa shape index (κ1) is 21.2. The molecule has 0 unspecified atom stereocenters. The monoisotopic (exact) mass is 452 g/mol. The van der Waals surface area contributed by atoms with Crippen LogP contribution in [0, 0.1) is 0 Å². The zero-order valence-electron chi connectivity index (χ0n) is 18.1. The third-order valence-corrected chi connectivity index (χ3v) is 8.35. The molecule has 2 aliphatic heterocycles. The SMILES string of the molecule is O=C(Nc1ccc2c(c1)nc1n2CCCCC1)c1ccc(S(=O)(=O)N2CCCCC2)cc1. The molecular weight excluding hydrogens is 424 g/mol. The van der Waals surface area contributed by atoms with Gasteiger partial charge in [-0.1, -0.05) is 12.8 Å². The molecule has 0 bridgehead atoms. The van der Waals surface area contributed by atoms with Crippen LogP contribution < -0.4 is 5.32 Å². The van der Waals surface area contributed by atoms with Crippen molar-refractivity contribution in [2.45, 2.75) is 56.4 Å². The Labute approximate surface area is 188 Å². The number of rotatable bonds is 4. The van der Waals surface area contributed by atoms with Crippen molar-refractivity contribution in [2.24, 2.45) is 0 Å². The number of hydrogen-bond acceptors (Lipinski definition) is 4. The minimum absolute atomic E-state index is 0.233. The maximum absolute atomic E-state index is 12.8. The van der Waals surface area contributed by atoms with Crippen LogP contribution in [0.15, 0.2) is 47.4 Å². The van der Waals surface area contributed by atoms with E-state index in [1.54, 1.807) is 12.1 Å².